The average molecular weight is 677 g/mol. The summed E-state index contributed by atoms with van der Waals surface area (Å²) < 4.78 is 52.1. The molecule has 0 aliphatic carbocycles. The molecule has 0 saturated carbocycles. The summed E-state index contributed by atoms with van der Waals surface area (Å²) in [6.45, 7) is 8.56. The highest BCUT2D eigenvalue weighted by Crippen LogP contribution is 2.51. The number of carbonyl (C=O) groups is 1. The van der Waals surface area contributed by atoms with Gasteiger partial charge in [-0.15, -0.1) is 0 Å². The summed E-state index contributed by atoms with van der Waals surface area (Å²) in [5, 5.41) is 31.2. The van der Waals surface area contributed by atoms with Gasteiger partial charge in [0.2, 0.25) is 0 Å². The molecule has 12 heteroatoms. The Morgan fingerprint density at radius 3 is 2.48 bits per heavy atom. The number of hydrogen-bond donors (Lipinski definition) is 3. The summed E-state index contributed by atoms with van der Waals surface area (Å²) in [7, 11) is 1.57. The van der Waals surface area contributed by atoms with Gasteiger partial charge in [-0.3, -0.25) is 4.79 Å². The second-order valence-corrected chi connectivity index (χ2v) is 15.7. The van der Waals surface area contributed by atoms with Crippen LogP contribution in [0.4, 0.5) is 0 Å². The zero-order chi connectivity index (χ0) is 33.3. The maximum atomic E-state index is 13.8. The summed E-state index contributed by atoms with van der Waals surface area (Å²) >= 11 is 0. The lowest BCUT2D eigenvalue weighted by Crippen LogP contribution is -2.64. The Labute approximate surface area is 282 Å². The van der Waals surface area contributed by atoms with Crippen molar-refractivity contribution in [2.75, 3.05) is 20.3 Å². The van der Waals surface area contributed by atoms with Crippen LogP contribution < -0.4 is 0 Å². The number of Topliss-reactive ketones (excluding diaryl/α,β-unsaturated/α-hetero) is 1. The molecule has 48 heavy (non-hydrogen) atoms. The quantitative estimate of drug-likeness (QED) is 0.372. The number of ether oxygens (including phenoxy) is 8. The van der Waals surface area contributed by atoms with Crippen LogP contribution >= 0.6 is 0 Å². The predicted octanol–water partition coefficient (Wildman–Crippen LogP) is 1.69. The zero-order valence-corrected chi connectivity index (χ0v) is 27.9. The van der Waals surface area contributed by atoms with Gasteiger partial charge >= 0.3 is 0 Å². The van der Waals surface area contributed by atoms with Gasteiger partial charge in [0.05, 0.1) is 79.9 Å². The van der Waals surface area contributed by atoms with Crippen LogP contribution in [0.5, 0.6) is 0 Å². The number of methoxy groups -OCH3 is 1. The van der Waals surface area contributed by atoms with E-state index in [1.54, 1.807) is 7.11 Å². The van der Waals surface area contributed by atoms with Gasteiger partial charge in [0.25, 0.3) is 0 Å². The second kappa shape index (κ2) is 13.4. The van der Waals surface area contributed by atoms with E-state index in [-0.39, 0.29) is 98.4 Å². The highest BCUT2D eigenvalue weighted by molar-refractivity contribution is 5.79. The minimum Gasteiger partial charge on any atom is -0.394 e. The molecule has 9 aliphatic heterocycles. The third kappa shape index (κ3) is 6.17. The Kier molecular flexibility index (Phi) is 9.41. The Hall–Kier alpha value is -1.29. The Balaban J connectivity index is 1.06. The lowest BCUT2D eigenvalue weighted by molar-refractivity contribution is -0.300. The molecular formula is C36H52O12. The maximum Gasteiger partial charge on any atom is 0.135 e. The molecule has 0 amide bonds. The van der Waals surface area contributed by atoms with Gasteiger partial charge in [-0.2, -0.15) is 0 Å². The van der Waals surface area contributed by atoms with Crippen LogP contribution in [0, 0.1) is 5.92 Å². The first-order valence-corrected chi connectivity index (χ1v) is 18.1. The average Bonchev–Trinajstić information content (AvgIpc) is 3.78. The van der Waals surface area contributed by atoms with Crippen molar-refractivity contribution in [3.05, 3.63) is 24.3 Å². The summed E-state index contributed by atoms with van der Waals surface area (Å²) in [6, 6.07) is 0. The third-order valence-electron chi connectivity index (χ3n) is 12.4. The first-order valence-electron chi connectivity index (χ1n) is 18.1. The smallest absolute Gasteiger partial charge is 0.135 e. The van der Waals surface area contributed by atoms with Crippen molar-refractivity contribution in [1.82, 2.24) is 0 Å². The minimum absolute atomic E-state index is 0.0160. The van der Waals surface area contributed by atoms with Crippen LogP contribution in [0.3, 0.4) is 0 Å². The molecule has 0 aromatic heterocycles. The molecule has 9 saturated heterocycles. The second-order valence-electron chi connectivity index (χ2n) is 15.7. The van der Waals surface area contributed by atoms with E-state index in [4.69, 9.17) is 37.9 Å². The van der Waals surface area contributed by atoms with Crippen molar-refractivity contribution in [3.8, 4) is 0 Å². The van der Waals surface area contributed by atoms with Crippen molar-refractivity contribution in [2.24, 2.45) is 5.92 Å². The van der Waals surface area contributed by atoms with E-state index in [9.17, 15) is 20.1 Å². The van der Waals surface area contributed by atoms with Gasteiger partial charge in [0.15, 0.2) is 0 Å². The SMILES string of the molecule is C=C1C[C@@H]2OC(CC[C@]34CO[C@@H]5C6OC(C3)C(O4)[C@@H]6OC3CC[C@H](CC(=O)CC4C(C[C@H]1O)O[C@H](C[C@H](O)CO)[C@@H]4OC)O[C@@H]35)CC2=C. The molecule has 1 spiro atoms. The van der Waals surface area contributed by atoms with Crippen molar-refractivity contribution in [3.63, 3.8) is 0 Å². The van der Waals surface area contributed by atoms with Gasteiger partial charge < -0.3 is 53.2 Å². The Morgan fingerprint density at radius 2 is 1.67 bits per heavy atom. The van der Waals surface area contributed by atoms with Gasteiger partial charge in [0, 0.05) is 51.6 Å². The molecule has 17 atom stereocenters. The molecule has 9 rings (SSSR count). The molecule has 0 aromatic rings. The molecule has 268 valence electrons. The molecule has 12 nitrogen and oxygen atoms in total. The monoisotopic (exact) mass is 676 g/mol. The Bertz CT molecular complexity index is 1240. The van der Waals surface area contributed by atoms with Crippen LogP contribution in [-0.2, 0) is 42.7 Å². The lowest BCUT2D eigenvalue weighted by atomic mass is 9.84. The number of aliphatic hydroxyl groups is 3. The number of ketones is 1. The number of carbonyl (C=O) groups excluding carboxylic acids is 1. The van der Waals surface area contributed by atoms with E-state index in [0.29, 0.717) is 25.0 Å². The van der Waals surface area contributed by atoms with Crippen molar-refractivity contribution in [2.45, 2.75) is 168 Å². The van der Waals surface area contributed by atoms with E-state index in [1.807, 2.05) is 0 Å². The normalized spacial score (nSPS) is 51.2. The largest absolute Gasteiger partial charge is 0.394 e. The minimum atomic E-state index is -0.990. The summed E-state index contributed by atoms with van der Waals surface area (Å²) in [5.74, 6) is -0.352. The van der Waals surface area contributed by atoms with Gasteiger partial charge in [-0.05, 0) is 43.3 Å². The molecule has 9 aliphatic rings. The first-order chi connectivity index (χ1) is 23.1. The standard InChI is InChI=1S/C36H52O12/c1-17-9-26-18(2)8-22(43-26)6-7-36-14-29-32(48-36)34-35(47-29)33(42-16-36)31-25(46-34)5-4-21(44-31)10-19(38)11-23-27(13-24(17)40)45-28(30(23)41-3)12-20(39)15-37/h20-35,37,39-40H,1-2,4-16H2,3H3/t20-,21+,22?,23?,24+,25?,26-,27?,28+,29?,30+,31-,32?,33-,34-,35?,36+/m0/s1. The summed E-state index contributed by atoms with van der Waals surface area (Å²) in [4.78, 5) is 13.8. The summed E-state index contributed by atoms with van der Waals surface area (Å²) in [5.41, 5.74) is 1.10. The topological polar surface area (TPSA) is 152 Å². The van der Waals surface area contributed by atoms with Crippen molar-refractivity contribution in [1.29, 1.82) is 0 Å². The van der Waals surface area contributed by atoms with Crippen LogP contribution in [0.2, 0.25) is 0 Å². The molecule has 10 bridgehead atoms. The predicted molar refractivity (Wildman–Crippen MR) is 168 cm³/mol. The zero-order valence-electron chi connectivity index (χ0n) is 27.9. The molecular weight excluding hydrogens is 624 g/mol. The van der Waals surface area contributed by atoms with Crippen LogP contribution in [0.25, 0.3) is 0 Å². The molecule has 0 aromatic carbocycles. The maximum absolute atomic E-state index is 13.8. The van der Waals surface area contributed by atoms with Crippen LogP contribution in [0.1, 0.15) is 70.6 Å². The number of aliphatic hydroxyl groups excluding tert-OH is 3. The van der Waals surface area contributed by atoms with E-state index >= 15 is 0 Å². The van der Waals surface area contributed by atoms with Crippen LogP contribution in [0.15, 0.2) is 24.3 Å². The van der Waals surface area contributed by atoms with E-state index in [2.05, 4.69) is 13.2 Å². The first kappa shape index (κ1) is 33.8. The highest BCUT2D eigenvalue weighted by Gasteiger charge is 2.65. The van der Waals surface area contributed by atoms with Gasteiger partial charge in [0.1, 0.15) is 36.3 Å². The molecule has 9 fully saturated rings. The lowest BCUT2D eigenvalue weighted by Gasteiger charge is -2.50. The van der Waals surface area contributed by atoms with Gasteiger partial charge in [-0.25, -0.2) is 0 Å². The summed E-state index contributed by atoms with van der Waals surface area (Å²) in [6.07, 6.45) is 0.104. The Morgan fingerprint density at radius 1 is 0.875 bits per heavy atom. The van der Waals surface area contributed by atoms with E-state index < -0.39 is 42.7 Å². The van der Waals surface area contributed by atoms with E-state index in [0.717, 1.165) is 37.7 Å². The number of rotatable bonds is 4. The molecule has 7 unspecified atom stereocenters. The number of hydrogen-bond acceptors (Lipinski definition) is 12. The van der Waals surface area contributed by atoms with Crippen molar-refractivity contribution >= 4 is 5.78 Å². The third-order valence-corrected chi connectivity index (χ3v) is 12.4. The van der Waals surface area contributed by atoms with E-state index in [1.165, 1.54) is 0 Å². The molecule has 3 N–H and O–H groups in total. The fraction of sp³-hybridized carbons (Fsp3) is 0.861. The molecule has 9 heterocycles. The van der Waals surface area contributed by atoms with Crippen LogP contribution in [-0.4, -0.2) is 139 Å². The molecule has 0 radical (unpaired) electrons. The van der Waals surface area contributed by atoms with Gasteiger partial charge in [-0.1, -0.05) is 13.2 Å². The highest BCUT2D eigenvalue weighted by atomic mass is 16.7. The fourth-order valence-electron chi connectivity index (χ4n) is 9.99. The van der Waals surface area contributed by atoms with Crippen molar-refractivity contribution < 1.29 is 58.0 Å². The fourth-order valence-corrected chi connectivity index (χ4v) is 9.99. The number of fused-ring (bicyclic) bond motifs is 4.